The zero-order valence-corrected chi connectivity index (χ0v) is 16.0. The SMILES string of the molecule is C/C(=C\N=CN)c1nc2c(o1)CCCN(c1cc(I)cc(C#N)c1)C2. The summed E-state index contributed by atoms with van der Waals surface area (Å²) < 4.78 is 6.97. The van der Waals surface area contributed by atoms with Gasteiger partial charge >= 0.3 is 0 Å². The first-order chi connectivity index (χ1) is 12.1. The molecule has 2 aromatic rings. The van der Waals surface area contributed by atoms with Gasteiger partial charge in [-0.25, -0.2) is 9.98 Å². The maximum Gasteiger partial charge on any atom is 0.223 e. The zero-order chi connectivity index (χ0) is 17.8. The van der Waals surface area contributed by atoms with Gasteiger partial charge in [0.1, 0.15) is 11.5 Å². The standard InChI is InChI=1S/C18H18IN5O/c1-12(9-22-11-21)18-23-16-10-24(4-2-3-17(16)25-18)15-6-13(8-20)5-14(19)7-15/h5-7,9,11H,2-4,10H2,1H3,(H2,21,22)/b12-9+. The van der Waals surface area contributed by atoms with E-state index in [0.29, 0.717) is 18.0 Å². The highest BCUT2D eigenvalue weighted by Crippen LogP contribution is 2.28. The van der Waals surface area contributed by atoms with Gasteiger partial charge in [-0.15, -0.1) is 0 Å². The van der Waals surface area contributed by atoms with Crippen molar-refractivity contribution in [3.8, 4) is 6.07 Å². The molecule has 6 nitrogen and oxygen atoms in total. The molecule has 25 heavy (non-hydrogen) atoms. The van der Waals surface area contributed by atoms with Crippen molar-refractivity contribution in [2.45, 2.75) is 26.3 Å². The molecule has 0 aliphatic carbocycles. The van der Waals surface area contributed by atoms with Crippen LogP contribution in [0.15, 0.2) is 33.8 Å². The van der Waals surface area contributed by atoms with Crippen LogP contribution in [0.4, 0.5) is 5.69 Å². The Kier molecular flexibility index (Phi) is 5.38. The minimum absolute atomic E-state index is 0.581. The highest BCUT2D eigenvalue weighted by atomic mass is 127. The molecule has 1 aromatic carbocycles. The number of aryl methyl sites for hydroxylation is 1. The number of aliphatic imine (C=N–C) groups is 1. The largest absolute Gasteiger partial charge is 0.441 e. The summed E-state index contributed by atoms with van der Waals surface area (Å²) in [6.45, 7) is 3.46. The molecular formula is C18H18IN5O. The molecule has 0 saturated heterocycles. The molecule has 3 rings (SSSR count). The summed E-state index contributed by atoms with van der Waals surface area (Å²) in [6.07, 6.45) is 4.70. The van der Waals surface area contributed by atoms with Crippen LogP contribution in [0.1, 0.15) is 36.3 Å². The molecule has 7 heteroatoms. The lowest BCUT2D eigenvalue weighted by molar-refractivity contribution is 0.487. The van der Waals surface area contributed by atoms with Crippen LogP contribution in [-0.2, 0) is 13.0 Å². The molecule has 128 valence electrons. The molecule has 0 spiro atoms. The molecule has 0 radical (unpaired) electrons. The Hall–Kier alpha value is -2.34. The third-order valence-electron chi connectivity index (χ3n) is 4.02. The summed E-state index contributed by atoms with van der Waals surface area (Å²) in [5.41, 5.74) is 8.76. The molecule has 2 N–H and O–H groups in total. The second kappa shape index (κ2) is 7.70. The summed E-state index contributed by atoms with van der Waals surface area (Å²) in [5.74, 6) is 1.51. The van der Waals surface area contributed by atoms with Crippen LogP contribution in [0.2, 0.25) is 0 Å². The number of hydrogen-bond donors (Lipinski definition) is 1. The Morgan fingerprint density at radius 1 is 1.48 bits per heavy atom. The molecule has 1 aliphatic heterocycles. The number of oxazole rings is 1. The number of hydrogen-bond acceptors (Lipinski definition) is 5. The monoisotopic (exact) mass is 447 g/mol. The molecule has 2 heterocycles. The average Bonchev–Trinajstić information content (AvgIpc) is 2.90. The molecule has 1 aromatic heterocycles. The lowest BCUT2D eigenvalue weighted by Crippen LogP contribution is -2.23. The van der Waals surface area contributed by atoms with Gasteiger partial charge in [0, 0.05) is 34.0 Å². The van der Waals surface area contributed by atoms with Crippen molar-refractivity contribution in [1.82, 2.24) is 4.98 Å². The minimum atomic E-state index is 0.581. The van der Waals surface area contributed by atoms with Gasteiger partial charge in [0.05, 0.1) is 24.5 Å². The summed E-state index contributed by atoms with van der Waals surface area (Å²) >= 11 is 2.24. The van der Waals surface area contributed by atoms with E-state index >= 15 is 0 Å². The van der Waals surface area contributed by atoms with Crippen LogP contribution in [0.5, 0.6) is 0 Å². The van der Waals surface area contributed by atoms with Gasteiger partial charge in [0.2, 0.25) is 5.89 Å². The molecule has 0 unspecified atom stereocenters. The molecule has 0 saturated carbocycles. The minimum Gasteiger partial charge on any atom is -0.441 e. The van der Waals surface area contributed by atoms with Crippen molar-refractivity contribution in [3.05, 3.63) is 50.9 Å². The van der Waals surface area contributed by atoms with Gasteiger partial charge in [-0.2, -0.15) is 5.26 Å². The molecular weight excluding hydrogens is 429 g/mol. The number of halogens is 1. The summed E-state index contributed by atoms with van der Waals surface area (Å²) in [4.78, 5) is 10.8. The van der Waals surface area contributed by atoms with E-state index in [9.17, 15) is 5.26 Å². The van der Waals surface area contributed by atoms with E-state index in [1.54, 1.807) is 6.20 Å². The number of anilines is 1. The maximum absolute atomic E-state index is 9.21. The number of nitrogens with zero attached hydrogens (tertiary/aromatic N) is 4. The van der Waals surface area contributed by atoms with Crippen molar-refractivity contribution >= 4 is 40.2 Å². The van der Waals surface area contributed by atoms with E-state index in [0.717, 1.165) is 45.7 Å². The fraction of sp³-hybridized carbons (Fsp3) is 0.278. The normalized spacial score (nSPS) is 15.1. The van der Waals surface area contributed by atoms with Gasteiger partial charge in [0.15, 0.2) is 0 Å². The Morgan fingerprint density at radius 2 is 2.32 bits per heavy atom. The summed E-state index contributed by atoms with van der Waals surface area (Å²) in [5, 5.41) is 9.21. The van der Waals surface area contributed by atoms with Crippen LogP contribution in [0.3, 0.4) is 0 Å². The second-order valence-electron chi connectivity index (χ2n) is 5.83. The number of rotatable bonds is 3. The maximum atomic E-state index is 9.21. The van der Waals surface area contributed by atoms with Crippen molar-refractivity contribution in [1.29, 1.82) is 5.26 Å². The number of fused-ring (bicyclic) bond motifs is 1. The Bertz CT molecular complexity index is 878. The first-order valence-corrected chi connectivity index (χ1v) is 9.03. The molecule has 0 amide bonds. The van der Waals surface area contributed by atoms with E-state index in [1.807, 2.05) is 19.1 Å². The van der Waals surface area contributed by atoms with Crippen LogP contribution in [-0.4, -0.2) is 17.9 Å². The van der Waals surface area contributed by atoms with E-state index in [4.69, 9.17) is 10.2 Å². The summed E-state index contributed by atoms with van der Waals surface area (Å²) in [6, 6.07) is 8.12. The van der Waals surface area contributed by atoms with E-state index in [-0.39, 0.29) is 0 Å². The first-order valence-electron chi connectivity index (χ1n) is 7.95. The van der Waals surface area contributed by atoms with Crippen molar-refractivity contribution in [2.75, 3.05) is 11.4 Å². The van der Waals surface area contributed by atoms with Gasteiger partial charge in [0.25, 0.3) is 0 Å². The smallest absolute Gasteiger partial charge is 0.223 e. The molecule has 0 atom stereocenters. The first kappa shape index (κ1) is 17.5. The number of nitriles is 1. The lowest BCUT2D eigenvalue weighted by atomic mass is 10.2. The van der Waals surface area contributed by atoms with Crippen LogP contribution in [0, 0.1) is 14.9 Å². The molecule has 0 bridgehead atoms. The van der Waals surface area contributed by atoms with Crippen molar-refractivity contribution < 1.29 is 4.42 Å². The Morgan fingerprint density at radius 3 is 3.08 bits per heavy atom. The van der Waals surface area contributed by atoms with E-state index < -0.39 is 0 Å². The van der Waals surface area contributed by atoms with Crippen LogP contribution in [0.25, 0.3) is 5.57 Å². The topological polar surface area (TPSA) is 91.4 Å². The van der Waals surface area contributed by atoms with E-state index in [1.165, 1.54) is 6.34 Å². The molecule has 1 aliphatic rings. The fourth-order valence-electron chi connectivity index (χ4n) is 2.81. The predicted octanol–water partition coefficient (Wildman–Crippen LogP) is 3.45. The van der Waals surface area contributed by atoms with Crippen LogP contribution >= 0.6 is 22.6 Å². The second-order valence-corrected chi connectivity index (χ2v) is 7.08. The third kappa shape index (κ3) is 4.02. The number of allylic oxidation sites excluding steroid dienone is 1. The van der Waals surface area contributed by atoms with Gasteiger partial charge < -0.3 is 15.1 Å². The third-order valence-corrected chi connectivity index (χ3v) is 4.64. The lowest BCUT2D eigenvalue weighted by Gasteiger charge is -2.22. The van der Waals surface area contributed by atoms with E-state index in [2.05, 4.69) is 49.6 Å². The van der Waals surface area contributed by atoms with Crippen molar-refractivity contribution in [3.63, 3.8) is 0 Å². The van der Waals surface area contributed by atoms with Gasteiger partial charge in [-0.3, -0.25) is 0 Å². The van der Waals surface area contributed by atoms with Gasteiger partial charge in [-0.1, -0.05) is 0 Å². The quantitative estimate of drug-likeness (QED) is 0.442. The number of aromatic nitrogens is 1. The highest BCUT2D eigenvalue weighted by molar-refractivity contribution is 14.1. The Balaban J connectivity index is 1.90. The van der Waals surface area contributed by atoms with Crippen LogP contribution < -0.4 is 10.6 Å². The number of benzene rings is 1. The number of nitrogens with two attached hydrogens (primary N) is 1. The highest BCUT2D eigenvalue weighted by Gasteiger charge is 2.21. The Labute approximate surface area is 160 Å². The predicted molar refractivity (Wildman–Crippen MR) is 106 cm³/mol. The summed E-state index contributed by atoms with van der Waals surface area (Å²) in [7, 11) is 0. The van der Waals surface area contributed by atoms with Gasteiger partial charge in [-0.05, 0) is 54.1 Å². The zero-order valence-electron chi connectivity index (χ0n) is 13.9. The fourth-order valence-corrected chi connectivity index (χ4v) is 3.47. The molecule has 0 fully saturated rings. The van der Waals surface area contributed by atoms with Crippen molar-refractivity contribution in [2.24, 2.45) is 10.7 Å². The average molecular weight is 447 g/mol.